The number of benzene rings is 2. The number of rotatable bonds is 8. The van der Waals surface area contributed by atoms with E-state index in [1.54, 1.807) is 13.1 Å². The SMILES string of the molecule is CCOC(=O)c1ccc(Nc2ncc(-c3c(C)noc3C)cc2C(=N)Cc2ccccc2)c(F)c1. The first kappa shape index (κ1) is 23.8. The number of esters is 1. The van der Waals surface area contributed by atoms with E-state index in [1.165, 1.54) is 12.1 Å². The van der Waals surface area contributed by atoms with Crippen LogP contribution in [0.25, 0.3) is 11.1 Å². The number of hydrogen-bond acceptors (Lipinski definition) is 7. The number of carbonyl (C=O) groups is 1. The zero-order valence-corrected chi connectivity index (χ0v) is 19.7. The van der Waals surface area contributed by atoms with Crippen LogP contribution in [0, 0.1) is 25.1 Å². The zero-order valence-electron chi connectivity index (χ0n) is 19.7. The van der Waals surface area contributed by atoms with Crippen LogP contribution in [0.2, 0.25) is 0 Å². The van der Waals surface area contributed by atoms with Crippen LogP contribution >= 0.6 is 0 Å². The Balaban J connectivity index is 1.72. The third kappa shape index (κ3) is 5.27. The Hall–Kier alpha value is -4.33. The molecule has 4 rings (SSSR count). The molecular formula is C27H25FN4O3. The van der Waals surface area contributed by atoms with Gasteiger partial charge in [-0.05, 0) is 50.6 Å². The molecular weight excluding hydrogens is 447 g/mol. The summed E-state index contributed by atoms with van der Waals surface area (Å²) in [7, 11) is 0. The summed E-state index contributed by atoms with van der Waals surface area (Å²) in [6, 6.07) is 15.5. The number of nitrogens with one attached hydrogen (secondary N) is 2. The van der Waals surface area contributed by atoms with Gasteiger partial charge in [0.25, 0.3) is 0 Å². The summed E-state index contributed by atoms with van der Waals surface area (Å²) in [5, 5.41) is 15.8. The first-order chi connectivity index (χ1) is 16.9. The van der Waals surface area contributed by atoms with Crippen LogP contribution in [0.3, 0.4) is 0 Å². The molecule has 178 valence electrons. The third-order valence-electron chi connectivity index (χ3n) is 5.49. The fourth-order valence-electron chi connectivity index (χ4n) is 3.81. The van der Waals surface area contributed by atoms with Gasteiger partial charge in [0, 0.05) is 35.0 Å². The summed E-state index contributed by atoms with van der Waals surface area (Å²) in [6.45, 7) is 5.55. The van der Waals surface area contributed by atoms with Gasteiger partial charge >= 0.3 is 5.97 Å². The molecule has 0 aliphatic rings. The average Bonchev–Trinajstić information content (AvgIpc) is 3.19. The summed E-state index contributed by atoms with van der Waals surface area (Å²) < 4.78 is 25.1. The second-order valence-electron chi connectivity index (χ2n) is 8.00. The minimum Gasteiger partial charge on any atom is -0.462 e. The van der Waals surface area contributed by atoms with Gasteiger partial charge in [0.05, 0.1) is 23.6 Å². The topological polar surface area (TPSA) is 101 Å². The molecule has 0 aliphatic carbocycles. The average molecular weight is 473 g/mol. The molecule has 0 saturated carbocycles. The van der Waals surface area contributed by atoms with E-state index >= 15 is 0 Å². The number of carbonyl (C=O) groups excluding carboxylic acids is 1. The molecule has 2 heterocycles. The molecule has 0 unspecified atom stereocenters. The molecule has 0 aliphatic heterocycles. The van der Waals surface area contributed by atoms with Crippen molar-refractivity contribution in [2.45, 2.75) is 27.2 Å². The van der Waals surface area contributed by atoms with Crippen molar-refractivity contribution in [2.24, 2.45) is 0 Å². The highest BCUT2D eigenvalue weighted by Gasteiger charge is 2.18. The van der Waals surface area contributed by atoms with Crippen molar-refractivity contribution < 1.29 is 18.4 Å². The molecule has 8 heteroatoms. The first-order valence-corrected chi connectivity index (χ1v) is 11.2. The quantitative estimate of drug-likeness (QED) is 0.240. The first-order valence-electron chi connectivity index (χ1n) is 11.2. The highest BCUT2D eigenvalue weighted by atomic mass is 19.1. The third-order valence-corrected chi connectivity index (χ3v) is 5.49. The molecule has 0 bridgehead atoms. The maximum atomic E-state index is 14.9. The number of nitrogens with zero attached hydrogens (tertiary/aromatic N) is 2. The Morgan fingerprint density at radius 1 is 1.14 bits per heavy atom. The largest absolute Gasteiger partial charge is 0.462 e. The fourth-order valence-corrected chi connectivity index (χ4v) is 3.81. The molecule has 35 heavy (non-hydrogen) atoms. The normalized spacial score (nSPS) is 10.7. The molecule has 0 spiro atoms. The van der Waals surface area contributed by atoms with Gasteiger partial charge in [0.1, 0.15) is 17.4 Å². The number of aryl methyl sites for hydroxylation is 2. The number of anilines is 2. The van der Waals surface area contributed by atoms with Crippen molar-refractivity contribution in [1.82, 2.24) is 10.1 Å². The van der Waals surface area contributed by atoms with E-state index < -0.39 is 11.8 Å². The van der Waals surface area contributed by atoms with Crippen molar-refractivity contribution in [2.75, 3.05) is 11.9 Å². The van der Waals surface area contributed by atoms with E-state index in [1.807, 2.05) is 50.2 Å². The van der Waals surface area contributed by atoms with Crippen LogP contribution in [0.15, 0.2) is 65.3 Å². The number of ether oxygens (including phenoxy) is 1. The minimum atomic E-state index is -0.632. The molecule has 2 N–H and O–H groups in total. The van der Waals surface area contributed by atoms with Crippen molar-refractivity contribution in [1.29, 1.82) is 5.41 Å². The van der Waals surface area contributed by atoms with E-state index in [0.29, 0.717) is 35.0 Å². The van der Waals surface area contributed by atoms with Gasteiger partial charge in [-0.25, -0.2) is 14.2 Å². The second-order valence-corrected chi connectivity index (χ2v) is 8.00. The van der Waals surface area contributed by atoms with Gasteiger partial charge in [-0.15, -0.1) is 0 Å². The van der Waals surface area contributed by atoms with E-state index in [9.17, 15) is 9.18 Å². The lowest BCUT2D eigenvalue weighted by Crippen LogP contribution is -2.10. The van der Waals surface area contributed by atoms with Crippen LogP contribution in [-0.4, -0.2) is 28.4 Å². The Bertz CT molecular complexity index is 1360. The van der Waals surface area contributed by atoms with Crippen LogP contribution in [0.1, 0.15) is 39.9 Å². The lowest BCUT2D eigenvalue weighted by molar-refractivity contribution is 0.0526. The number of halogens is 1. The number of pyridine rings is 1. The van der Waals surface area contributed by atoms with Crippen LogP contribution < -0.4 is 5.32 Å². The standard InChI is InChI=1S/C27H25FN4O3/c1-4-34-27(33)19-10-11-24(22(28)14-19)31-26-21(23(29)12-18-8-6-5-7-9-18)13-20(15-30-26)25-16(2)32-35-17(25)3/h5-11,13-15,29H,4,12H2,1-3H3,(H,30,31). The highest BCUT2D eigenvalue weighted by Crippen LogP contribution is 2.31. The Morgan fingerprint density at radius 2 is 1.91 bits per heavy atom. The maximum Gasteiger partial charge on any atom is 0.338 e. The monoisotopic (exact) mass is 472 g/mol. The summed E-state index contributed by atoms with van der Waals surface area (Å²) in [4.78, 5) is 16.4. The smallest absolute Gasteiger partial charge is 0.338 e. The molecule has 2 aromatic carbocycles. The van der Waals surface area contributed by atoms with Gasteiger partial charge in [-0.3, -0.25) is 0 Å². The second kappa shape index (κ2) is 10.3. The van der Waals surface area contributed by atoms with Gasteiger partial charge in [0.15, 0.2) is 0 Å². The number of hydrogen-bond donors (Lipinski definition) is 2. The molecule has 7 nitrogen and oxygen atoms in total. The Labute approximate surface area is 202 Å². The molecule has 0 atom stereocenters. The molecule has 2 aromatic heterocycles. The van der Waals surface area contributed by atoms with Crippen molar-refractivity contribution >= 4 is 23.2 Å². The summed E-state index contributed by atoms with van der Waals surface area (Å²) in [5.41, 5.74) is 4.31. The van der Waals surface area contributed by atoms with Crippen LogP contribution in [0.4, 0.5) is 15.9 Å². The molecule has 4 aromatic rings. The molecule has 0 amide bonds. The lowest BCUT2D eigenvalue weighted by Gasteiger charge is -2.15. The predicted octanol–water partition coefficient (Wildman–Crippen LogP) is 6.02. The van der Waals surface area contributed by atoms with Crippen LogP contribution in [0.5, 0.6) is 0 Å². The van der Waals surface area contributed by atoms with Crippen molar-refractivity contribution in [3.63, 3.8) is 0 Å². The van der Waals surface area contributed by atoms with Gasteiger partial charge in [-0.2, -0.15) is 0 Å². The van der Waals surface area contributed by atoms with Gasteiger partial charge in [0.2, 0.25) is 0 Å². The number of aromatic nitrogens is 2. The minimum absolute atomic E-state index is 0.119. The predicted molar refractivity (Wildman–Crippen MR) is 132 cm³/mol. The van der Waals surface area contributed by atoms with E-state index in [2.05, 4.69) is 15.5 Å². The Morgan fingerprint density at radius 3 is 2.57 bits per heavy atom. The molecule has 0 radical (unpaired) electrons. The Kier molecular flexibility index (Phi) is 7.01. The molecule has 0 saturated heterocycles. The fraction of sp³-hybridized carbons (Fsp3) is 0.185. The van der Waals surface area contributed by atoms with E-state index in [0.717, 1.165) is 22.8 Å². The van der Waals surface area contributed by atoms with Crippen molar-refractivity contribution in [3.8, 4) is 11.1 Å². The maximum absolute atomic E-state index is 14.9. The van der Waals surface area contributed by atoms with Gasteiger partial charge < -0.3 is 20.0 Å². The summed E-state index contributed by atoms with van der Waals surface area (Å²) >= 11 is 0. The zero-order chi connectivity index (χ0) is 24.9. The van der Waals surface area contributed by atoms with E-state index in [-0.39, 0.29) is 17.9 Å². The molecule has 0 fully saturated rings. The summed E-state index contributed by atoms with van der Waals surface area (Å²) in [5.74, 6) is -0.256. The lowest BCUT2D eigenvalue weighted by atomic mass is 9.98. The van der Waals surface area contributed by atoms with Gasteiger partial charge in [-0.1, -0.05) is 35.5 Å². The van der Waals surface area contributed by atoms with Crippen molar-refractivity contribution in [3.05, 3.63) is 94.8 Å². The van der Waals surface area contributed by atoms with E-state index in [4.69, 9.17) is 14.7 Å². The van der Waals surface area contributed by atoms with Crippen LogP contribution in [-0.2, 0) is 11.2 Å². The summed E-state index contributed by atoms with van der Waals surface area (Å²) in [6.07, 6.45) is 2.01. The highest BCUT2D eigenvalue weighted by molar-refractivity contribution is 6.05.